The van der Waals surface area contributed by atoms with Gasteiger partial charge in [-0.15, -0.1) is 0 Å². The van der Waals surface area contributed by atoms with Crippen LogP contribution in [0.2, 0.25) is 0 Å². The summed E-state index contributed by atoms with van der Waals surface area (Å²) in [7, 11) is 4.31. The van der Waals surface area contributed by atoms with Crippen molar-refractivity contribution in [2.45, 2.75) is 89.8 Å². The lowest BCUT2D eigenvalue weighted by atomic mass is 9.78. The molecule has 1 aromatic rings. The van der Waals surface area contributed by atoms with Gasteiger partial charge in [0, 0.05) is 29.7 Å². The van der Waals surface area contributed by atoms with Crippen LogP contribution in [0.5, 0.6) is 0 Å². The number of nitrogens with one attached hydrogen (secondary N) is 1. The smallest absolute Gasteiger partial charge is 0.270 e. The van der Waals surface area contributed by atoms with Gasteiger partial charge in [-0.2, -0.15) is 0 Å². The highest BCUT2D eigenvalue weighted by molar-refractivity contribution is 5.96. The fourth-order valence-corrected chi connectivity index (χ4v) is 5.16. The summed E-state index contributed by atoms with van der Waals surface area (Å²) < 4.78 is 0. The van der Waals surface area contributed by atoms with Crippen molar-refractivity contribution in [3.05, 3.63) is 29.6 Å². The Labute approximate surface area is 187 Å². The molecular formula is C25H40N4O2. The van der Waals surface area contributed by atoms with Gasteiger partial charge in [0.1, 0.15) is 11.7 Å². The fourth-order valence-electron chi connectivity index (χ4n) is 5.16. The van der Waals surface area contributed by atoms with Crippen molar-refractivity contribution in [2.24, 2.45) is 5.92 Å². The Hall–Kier alpha value is -1.95. The quantitative estimate of drug-likeness (QED) is 0.752. The third-order valence-corrected chi connectivity index (χ3v) is 7.00. The zero-order valence-electron chi connectivity index (χ0n) is 20.1. The highest BCUT2D eigenvalue weighted by Crippen LogP contribution is 2.35. The summed E-state index contributed by atoms with van der Waals surface area (Å²) in [5.74, 6) is 0.358. The van der Waals surface area contributed by atoms with Gasteiger partial charge in [0.05, 0.1) is 0 Å². The van der Waals surface area contributed by atoms with Gasteiger partial charge in [-0.1, -0.05) is 40.2 Å². The van der Waals surface area contributed by atoms with Gasteiger partial charge >= 0.3 is 0 Å². The zero-order chi connectivity index (χ0) is 22.8. The Morgan fingerprint density at radius 2 is 1.97 bits per heavy atom. The Morgan fingerprint density at radius 3 is 2.61 bits per heavy atom. The van der Waals surface area contributed by atoms with Crippen molar-refractivity contribution in [1.29, 1.82) is 0 Å². The maximum atomic E-state index is 13.2. The van der Waals surface area contributed by atoms with E-state index < -0.39 is 6.04 Å². The second-order valence-corrected chi connectivity index (χ2v) is 10.6. The van der Waals surface area contributed by atoms with Crippen LogP contribution in [0.3, 0.4) is 0 Å². The number of carbonyl (C=O) groups excluding carboxylic acids is 2. The second-order valence-electron chi connectivity index (χ2n) is 10.6. The van der Waals surface area contributed by atoms with Crippen molar-refractivity contribution in [3.63, 3.8) is 0 Å². The van der Waals surface area contributed by atoms with Crippen LogP contribution < -0.4 is 5.32 Å². The Bertz CT molecular complexity index is 786. The van der Waals surface area contributed by atoms with E-state index in [1.54, 1.807) is 6.07 Å². The first-order valence-corrected chi connectivity index (χ1v) is 11.9. The molecule has 0 radical (unpaired) electrons. The average molecular weight is 429 g/mol. The van der Waals surface area contributed by atoms with E-state index in [2.05, 4.69) is 61.9 Å². The number of hydrogen-bond acceptors (Lipinski definition) is 4. The normalized spacial score (nSPS) is 27.1. The van der Waals surface area contributed by atoms with Crippen molar-refractivity contribution < 1.29 is 9.59 Å². The highest BCUT2D eigenvalue weighted by atomic mass is 16.2. The molecule has 1 N–H and O–H groups in total. The van der Waals surface area contributed by atoms with Crippen molar-refractivity contribution in [2.75, 3.05) is 20.6 Å². The van der Waals surface area contributed by atoms with Crippen LogP contribution >= 0.6 is 0 Å². The van der Waals surface area contributed by atoms with Crippen LogP contribution in [0.15, 0.2) is 18.2 Å². The molecule has 0 aromatic carbocycles. The minimum atomic E-state index is -0.443. The number of pyridine rings is 1. The van der Waals surface area contributed by atoms with E-state index >= 15 is 0 Å². The molecule has 31 heavy (non-hydrogen) atoms. The molecule has 6 nitrogen and oxygen atoms in total. The van der Waals surface area contributed by atoms with Gasteiger partial charge in [-0.05, 0) is 64.3 Å². The summed E-state index contributed by atoms with van der Waals surface area (Å²) in [6.45, 7) is 9.19. The summed E-state index contributed by atoms with van der Waals surface area (Å²) >= 11 is 0. The maximum Gasteiger partial charge on any atom is 0.270 e. The predicted molar refractivity (Wildman–Crippen MR) is 124 cm³/mol. The lowest BCUT2D eigenvalue weighted by molar-refractivity contribution is -0.133. The molecule has 1 saturated carbocycles. The van der Waals surface area contributed by atoms with E-state index in [9.17, 15) is 9.59 Å². The molecule has 1 aromatic heterocycles. The van der Waals surface area contributed by atoms with E-state index in [4.69, 9.17) is 0 Å². The molecule has 0 bridgehead atoms. The third-order valence-electron chi connectivity index (χ3n) is 7.00. The first-order chi connectivity index (χ1) is 14.6. The number of nitrogens with zero attached hydrogens (tertiary/aromatic N) is 3. The predicted octanol–water partition coefficient (Wildman–Crippen LogP) is 3.61. The zero-order valence-corrected chi connectivity index (χ0v) is 20.1. The summed E-state index contributed by atoms with van der Waals surface area (Å²) in [4.78, 5) is 35.0. The monoisotopic (exact) mass is 428 g/mol. The molecule has 3 rings (SSSR count). The first kappa shape index (κ1) is 23.7. The van der Waals surface area contributed by atoms with E-state index in [1.165, 1.54) is 0 Å². The molecular weight excluding hydrogens is 388 g/mol. The summed E-state index contributed by atoms with van der Waals surface area (Å²) in [5, 5.41) is 2.97. The van der Waals surface area contributed by atoms with E-state index in [0.717, 1.165) is 44.3 Å². The summed E-state index contributed by atoms with van der Waals surface area (Å²) in [6, 6.07) is 5.99. The number of likely N-dealkylation sites (tertiary alicyclic amines) is 1. The molecule has 1 aliphatic carbocycles. The molecule has 0 spiro atoms. The summed E-state index contributed by atoms with van der Waals surface area (Å²) in [5.41, 5.74) is 1.13. The van der Waals surface area contributed by atoms with E-state index in [0.29, 0.717) is 30.1 Å². The topological polar surface area (TPSA) is 65.5 Å². The van der Waals surface area contributed by atoms with E-state index in [-0.39, 0.29) is 17.2 Å². The van der Waals surface area contributed by atoms with Crippen molar-refractivity contribution >= 4 is 11.8 Å². The van der Waals surface area contributed by atoms with Crippen LogP contribution in [-0.4, -0.2) is 65.4 Å². The summed E-state index contributed by atoms with van der Waals surface area (Å²) in [6.07, 6.45) is 6.29. The van der Waals surface area contributed by atoms with Gasteiger partial charge in [-0.3, -0.25) is 9.59 Å². The fraction of sp³-hybridized carbons (Fsp3) is 0.720. The molecule has 172 valence electrons. The van der Waals surface area contributed by atoms with Crippen LogP contribution in [0.25, 0.3) is 0 Å². The second kappa shape index (κ2) is 9.68. The van der Waals surface area contributed by atoms with Gasteiger partial charge in [0.15, 0.2) is 0 Å². The minimum Gasteiger partial charge on any atom is -0.339 e. The lowest BCUT2D eigenvalue weighted by Gasteiger charge is -2.43. The van der Waals surface area contributed by atoms with Crippen molar-refractivity contribution in [1.82, 2.24) is 20.1 Å². The lowest BCUT2D eigenvalue weighted by Crippen LogP contribution is -2.50. The Morgan fingerprint density at radius 1 is 1.23 bits per heavy atom. The standard InChI is InChI=1S/C25H40N4O2/c1-7-9-17-16-18(28(5)6)12-13-21(17)29-15-14-20(24(29)31)27-23(30)19-10-8-11-22(26-19)25(2,3)4/h8,10-11,17-18,20-21H,7,9,12-16H2,1-6H3,(H,27,30)/t17-,18+,20-,21-/m0/s1. The van der Waals surface area contributed by atoms with Gasteiger partial charge < -0.3 is 15.1 Å². The molecule has 2 amide bonds. The number of aromatic nitrogens is 1. The molecule has 1 aliphatic heterocycles. The van der Waals surface area contributed by atoms with Gasteiger partial charge in [-0.25, -0.2) is 4.98 Å². The van der Waals surface area contributed by atoms with Crippen LogP contribution in [0, 0.1) is 5.92 Å². The minimum absolute atomic E-state index is 0.0785. The van der Waals surface area contributed by atoms with E-state index in [1.807, 2.05) is 12.1 Å². The SMILES string of the molecule is CCC[C@H]1C[C@H](N(C)C)CC[C@@H]1N1CC[C@H](NC(=O)c2cccc(C(C)(C)C)n2)C1=O. The van der Waals surface area contributed by atoms with Crippen molar-refractivity contribution in [3.8, 4) is 0 Å². The average Bonchev–Trinajstić information content (AvgIpc) is 3.07. The maximum absolute atomic E-state index is 13.2. The molecule has 2 heterocycles. The number of carbonyl (C=O) groups is 2. The molecule has 2 aliphatic rings. The molecule has 1 saturated heterocycles. The number of amides is 2. The number of rotatable bonds is 6. The third kappa shape index (κ3) is 5.46. The molecule has 4 atom stereocenters. The molecule has 0 unspecified atom stereocenters. The highest BCUT2D eigenvalue weighted by Gasteiger charge is 2.42. The molecule has 2 fully saturated rings. The van der Waals surface area contributed by atoms with Gasteiger partial charge in [0.25, 0.3) is 5.91 Å². The van der Waals surface area contributed by atoms with Crippen LogP contribution in [0.1, 0.15) is 82.4 Å². The largest absolute Gasteiger partial charge is 0.339 e. The van der Waals surface area contributed by atoms with Crippen LogP contribution in [-0.2, 0) is 10.2 Å². The Balaban J connectivity index is 1.66. The number of hydrogen-bond donors (Lipinski definition) is 1. The van der Waals surface area contributed by atoms with Gasteiger partial charge in [0.2, 0.25) is 5.91 Å². The van der Waals surface area contributed by atoms with Crippen LogP contribution in [0.4, 0.5) is 0 Å². The Kier molecular flexibility index (Phi) is 7.40. The molecule has 6 heteroatoms. The first-order valence-electron chi connectivity index (χ1n) is 11.9.